The Labute approximate surface area is 208 Å². The second-order valence-electron chi connectivity index (χ2n) is 10.0. The molecule has 3 fully saturated rings. The maximum atomic E-state index is 13.4. The van der Waals surface area contributed by atoms with Crippen LogP contribution in [0.3, 0.4) is 0 Å². The maximum absolute atomic E-state index is 13.4. The van der Waals surface area contributed by atoms with Gasteiger partial charge in [-0.3, -0.25) is 14.5 Å². The fraction of sp³-hybridized carbons (Fsp3) is 0.615. The zero-order valence-electron chi connectivity index (χ0n) is 20.4. The molecule has 196 valence electrons. The quantitative estimate of drug-likeness (QED) is 0.634. The highest BCUT2D eigenvalue weighted by Crippen LogP contribution is 2.29. The van der Waals surface area contributed by atoms with Crippen LogP contribution in [-0.4, -0.2) is 95.8 Å². The molecule has 0 radical (unpaired) electrons. The molecule has 0 bridgehead atoms. The van der Waals surface area contributed by atoms with Crippen LogP contribution in [0.25, 0.3) is 10.9 Å². The molecular weight excluding hydrogens is 473 g/mol. The summed E-state index contributed by atoms with van der Waals surface area (Å²) in [6.45, 7) is 3.10. The molecule has 3 aliphatic rings. The zero-order valence-corrected chi connectivity index (χ0v) is 20.4. The zero-order chi connectivity index (χ0) is 25.3. The van der Waals surface area contributed by atoms with Crippen molar-refractivity contribution in [2.45, 2.75) is 50.9 Å². The molecule has 3 heterocycles. The summed E-state index contributed by atoms with van der Waals surface area (Å²) < 4.78 is 46.5. The molecule has 0 spiro atoms. The molecule has 2 aromatic rings. The second-order valence-corrected chi connectivity index (χ2v) is 10.0. The first-order valence-electron chi connectivity index (χ1n) is 12.9. The van der Waals surface area contributed by atoms with Gasteiger partial charge in [0.2, 0.25) is 0 Å². The average molecular weight is 507 g/mol. The Morgan fingerprint density at radius 1 is 0.861 bits per heavy atom. The summed E-state index contributed by atoms with van der Waals surface area (Å²) in [6.07, 6.45) is 1.82. The number of alkyl halides is 3. The van der Waals surface area contributed by atoms with Crippen LogP contribution in [-0.2, 0) is 11.3 Å². The summed E-state index contributed by atoms with van der Waals surface area (Å²) in [7, 11) is 0. The number of benzene rings is 1. The van der Waals surface area contributed by atoms with Crippen molar-refractivity contribution in [2.24, 2.45) is 0 Å². The van der Waals surface area contributed by atoms with Crippen LogP contribution in [0.2, 0.25) is 0 Å². The molecule has 1 saturated carbocycles. The van der Waals surface area contributed by atoms with E-state index in [-0.39, 0.29) is 11.6 Å². The summed E-state index contributed by atoms with van der Waals surface area (Å²) in [5, 5.41) is 0.461. The molecule has 2 aliphatic heterocycles. The van der Waals surface area contributed by atoms with E-state index in [1.54, 1.807) is 12.1 Å². The predicted octanol–water partition coefficient (Wildman–Crippen LogP) is 3.77. The molecule has 36 heavy (non-hydrogen) atoms. The SMILES string of the molecule is O=C(c1ccc2c(c1)cc(C(=O)N1CCOCC1)n2CC(F)(F)F)N1CCN(C2CCCCC2)CC1. The van der Waals surface area contributed by atoms with Gasteiger partial charge in [0, 0.05) is 61.8 Å². The number of amides is 2. The van der Waals surface area contributed by atoms with E-state index in [1.165, 1.54) is 49.1 Å². The van der Waals surface area contributed by atoms with Crippen molar-refractivity contribution in [1.82, 2.24) is 19.3 Å². The lowest BCUT2D eigenvalue weighted by molar-refractivity contribution is -0.140. The Morgan fingerprint density at radius 3 is 2.19 bits per heavy atom. The number of rotatable bonds is 4. The minimum atomic E-state index is -4.49. The minimum absolute atomic E-state index is 0.0186. The molecule has 2 amide bonds. The van der Waals surface area contributed by atoms with Gasteiger partial charge in [0.1, 0.15) is 12.2 Å². The number of carbonyl (C=O) groups excluding carboxylic acids is 2. The summed E-state index contributed by atoms with van der Waals surface area (Å²) >= 11 is 0. The molecule has 1 aromatic carbocycles. The third kappa shape index (κ3) is 5.39. The summed E-state index contributed by atoms with van der Waals surface area (Å²) in [6, 6.07) is 6.82. The molecule has 1 aromatic heterocycles. The van der Waals surface area contributed by atoms with Crippen LogP contribution < -0.4 is 0 Å². The molecule has 1 aliphatic carbocycles. The van der Waals surface area contributed by atoms with Crippen molar-refractivity contribution in [3.63, 3.8) is 0 Å². The summed E-state index contributed by atoms with van der Waals surface area (Å²) in [5.74, 6) is -0.574. The van der Waals surface area contributed by atoms with E-state index in [0.29, 0.717) is 61.9 Å². The topological polar surface area (TPSA) is 58.0 Å². The van der Waals surface area contributed by atoms with Gasteiger partial charge in [-0.2, -0.15) is 13.2 Å². The van der Waals surface area contributed by atoms with Crippen LogP contribution in [0.4, 0.5) is 13.2 Å². The van der Waals surface area contributed by atoms with E-state index in [9.17, 15) is 22.8 Å². The Morgan fingerprint density at radius 2 is 1.53 bits per heavy atom. The van der Waals surface area contributed by atoms with Crippen LogP contribution in [0.5, 0.6) is 0 Å². The van der Waals surface area contributed by atoms with Crippen LogP contribution in [0, 0.1) is 0 Å². The Kier molecular flexibility index (Phi) is 7.25. The molecule has 7 nitrogen and oxygen atoms in total. The Bertz CT molecular complexity index is 1100. The first kappa shape index (κ1) is 25.1. The van der Waals surface area contributed by atoms with Crippen LogP contribution in [0.1, 0.15) is 53.0 Å². The van der Waals surface area contributed by atoms with E-state index in [1.807, 2.05) is 4.90 Å². The number of morpholine rings is 1. The number of hydrogen-bond acceptors (Lipinski definition) is 4. The normalized spacial score (nSPS) is 20.8. The number of fused-ring (bicyclic) bond motifs is 1. The van der Waals surface area contributed by atoms with Gasteiger partial charge >= 0.3 is 6.18 Å². The summed E-state index contributed by atoms with van der Waals surface area (Å²) in [5.41, 5.74) is 0.709. The lowest BCUT2D eigenvalue weighted by Gasteiger charge is -2.40. The molecule has 5 rings (SSSR count). The molecule has 2 saturated heterocycles. The molecule has 0 unspecified atom stereocenters. The molecule has 0 atom stereocenters. The van der Waals surface area contributed by atoms with E-state index in [4.69, 9.17) is 4.74 Å². The second kappa shape index (κ2) is 10.4. The number of carbonyl (C=O) groups is 2. The fourth-order valence-corrected chi connectivity index (χ4v) is 5.78. The number of piperazine rings is 1. The highest BCUT2D eigenvalue weighted by molar-refractivity contribution is 6.02. The van der Waals surface area contributed by atoms with Gasteiger partial charge in [0.05, 0.1) is 13.2 Å². The van der Waals surface area contributed by atoms with Gasteiger partial charge in [-0.25, -0.2) is 0 Å². The van der Waals surface area contributed by atoms with Crippen molar-refractivity contribution >= 4 is 22.7 Å². The lowest BCUT2D eigenvalue weighted by Crippen LogP contribution is -2.52. The maximum Gasteiger partial charge on any atom is 0.406 e. The van der Waals surface area contributed by atoms with Gasteiger partial charge in [-0.15, -0.1) is 0 Å². The fourth-order valence-electron chi connectivity index (χ4n) is 5.78. The standard InChI is InChI=1S/C26H33F3N4O3/c27-26(28,29)18-33-22-7-6-19(16-20(22)17-23(33)25(35)32-12-14-36-15-13-32)24(34)31-10-8-30(9-11-31)21-4-2-1-3-5-21/h6-7,16-17,21H,1-5,8-15,18H2. The minimum Gasteiger partial charge on any atom is -0.378 e. The van der Waals surface area contributed by atoms with Crippen LogP contribution >= 0.6 is 0 Å². The largest absolute Gasteiger partial charge is 0.406 e. The van der Waals surface area contributed by atoms with Crippen molar-refractivity contribution in [3.05, 3.63) is 35.5 Å². The third-order valence-corrected chi connectivity index (χ3v) is 7.70. The Hall–Kier alpha value is -2.59. The van der Waals surface area contributed by atoms with Crippen molar-refractivity contribution in [1.29, 1.82) is 0 Å². The highest BCUT2D eigenvalue weighted by Gasteiger charge is 2.33. The van der Waals surface area contributed by atoms with E-state index in [2.05, 4.69) is 4.90 Å². The van der Waals surface area contributed by atoms with E-state index in [0.717, 1.165) is 17.7 Å². The first-order chi connectivity index (χ1) is 17.3. The third-order valence-electron chi connectivity index (χ3n) is 7.70. The first-order valence-corrected chi connectivity index (χ1v) is 12.9. The van der Waals surface area contributed by atoms with Gasteiger partial charge in [0.25, 0.3) is 11.8 Å². The number of nitrogens with zero attached hydrogens (tertiary/aromatic N) is 4. The van der Waals surface area contributed by atoms with Gasteiger partial charge in [0.15, 0.2) is 0 Å². The smallest absolute Gasteiger partial charge is 0.378 e. The van der Waals surface area contributed by atoms with Gasteiger partial charge in [-0.05, 0) is 37.1 Å². The van der Waals surface area contributed by atoms with Crippen molar-refractivity contribution < 1.29 is 27.5 Å². The number of aromatic nitrogens is 1. The van der Waals surface area contributed by atoms with E-state index >= 15 is 0 Å². The lowest BCUT2D eigenvalue weighted by atomic mass is 9.94. The van der Waals surface area contributed by atoms with Crippen molar-refractivity contribution in [2.75, 3.05) is 52.5 Å². The highest BCUT2D eigenvalue weighted by atomic mass is 19.4. The van der Waals surface area contributed by atoms with Gasteiger partial charge in [-0.1, -0.05) is 19.3 Å². The van der Waals surface area contributed by atoms with Crippen LogP contribution in [0.15, 0.2) is 24.3 Å². The molecule has 10 heteroatoms. The Balaban J connectivity index is 1.36. The number of hydrogen-bond donors (Lipinski definition) is 0. The number of ether oxygens (including phenoxy) is 1. The molecule has 0 N–H and O–H groups in total. The molecular formula is C26H33F3N4O3. The average Bonchev–Trinajstić information content (AvgIpc) is 3.25. The summed E-state index contributed by atoms with van der Waals surface area (Å²) in [4.78, 5) is 32.2. The number of halogens is 3. The van der Waals surface area contributed by atoms with E-state index < -0.39 is 18.6 Å². The van der Waals surface area contributed by atoms with Gasteiger partial charge < -0.3 is 19.1 Å². The monoisotopic (exact) mass is 506 g/mol. The predicted molar refractivity (Wildman–Crippen MR) is 129 cm³/mol. The van der Waals surface area contributed by atoms with Crippen molar-refractivity contribution in [3.8, 4) is 0 Å².